The van der Waals surface area contributed by atoms with Crippen LogP contribution in [0.2, 0.25) is 0 Å². The SMILES string of the molecule is CCC(CC)NC(=O)NCCS(=O)(=O)Nc1ccn2nccc2c1. The number of nitrogens with one attached hydrogen (secondary N) is 3. The second-order valence-corrected chi connectivity index (χ2v) is 7.29. The van der Waals surface area contributed by atoms with Crippen LogP contribution < -0.4 is 15.4 Å². The van der Waals surface area contributed by atoms with E-state index in [1.807, 2.05) is 13.8 Å². The molecule has 2 rings (SSSR count). The summed E-state index contributed by atoms with van der Waals surface area (Å²) in [6.07, 6.45) is 4.98. The van der Waals surface area contributed by atoms with Crippen molar-refractivity contribution < 1.29 is 13.2 Å². The number of nitrogens with zero attached hydrogens (tertiary/aromatic N) is 2. The van der Waals surface area contributed by atoms with Gasteiger partial charge in [-0.3, -0.25) is 4.72 Å². The van der Waals surface area contributed by atoms with Gasteiger partial charge in [0.2, 0.25) is 10.0 Å². The smallest absolute Gasteiger partial charge is 0.315 e. The van der Waals surface area contributed by atoms with Gasteiger partial charge in [-0.05, 0) is 31.0 Å². The fourth-order valence-corrected chi connectivity index (χ4v) is 3.20. The van der Waals surface area contributed by atoms with Crippen molar-refractivity contribution in [1.29, 1.82) is 0 Å². The van der Waals surface area contributed by atoms with E-state index in [2.05, 4.69) is 20.5 Å². The fraction of sp³-hybridized carbons (Fsp3) is 0.467. The number of carbonyl (C=O) groups excluding carboxylic acids is 1. The summed E-state index contributed by atoms with van der Waals surface area (Å²) in [5, 5.41) is 9.41. The fourth-order valence-electron chi connectivity index (χ4n) is 2.24. The van der Waals surface area contributed by atoms with Crippen LogP contribution in [0.3, 0.4) is 0 Å². The second kappa shape index (κ2) is 8.00. The lowest BCUT2D eigenvalue weighted by atomic mass is 10.2. The molecule has 0 unspecified atom stereocenters. The predicted molar refractivity (Wildman–Crippen MR) is 93.5 cm³/mol. The maximum atomic E-state index is 12.1. The largest absolute Gasteiger partial charge is 0.337 e. The molecule has 0 fully saturated rings. The van der Waals surface area contributed by atoms with E-state index in [4.69, 9.17) is 0 Å². The van der Waals surface area contributed by atoms with Gasteiger partial charge in [-0.25, -0.2) is 17.7 Å². The molecule has 2 amide bonds. The number of sulfonamides is 1. The Morgan fingerprint density at radius 1 is 1.29 bits per heavy atom. The van der Waals surface area contributed by atoms with Gasteiger partial charge in [0, 0.05) is 25.0 Å². The maximum Gasteiger partial charge on any atom is 0.315 e. The van der Waals surface area contributed by atoms with Crippen LogP contribution in [0.5, 0.6) is 0 Å². The molecule has 0 radical (unpaired) electrons. The first-order chi connectivity index (χ1) is 11.4. The van der Waals surface area contributed by atoms with Gasteiger partial charge in [0.15, 0.2) is 0 Å². The van der Waals surface area contributed by atoms with E-state index in [-0.39, 0.29) is 24.4 Å². The zero-order valence-corrected chi connectivity index (χ0v) is 14.6. The summed E-state index contributed by atoms with van der Waals surface area (Å²) >= 11 is 0. The molecule has 0 aromatic carbocycles. The molecule has 8 nitrogen and oxygen atoms in total. The molecule has 2 aromatic heterocycles. The predicted octanol–water partition coefficient (Wildman–Crippen LogP) is 1.56. The number of hydrogen-bond acceptors (Lipinski definition) is 4. The lowest BCUT2D eigenvalue weighted by Gasteiger charge is -2.15. The minimum atomic E-state index is -3.54. The minimum Gasteiger partial charge on any atom is -0.337 e. The van der Waals surface area contributed by atoms with Crippen molar-refractivity contribution in [2.45, 2.75) is 32.7 Å². The average Bonchev–Trinajstić information content (AvgIpc) is 2.99. The molecule has 0 saturated carbocycles. The first kappa shape index (κ1) is 18.1. The van der Waals surface area contributed by atoms with Crippen molar-refractivity contribution in [3.05, 3.63) is 30.6 Å². The summed E-state index contributed by atoms with van der Waals surface area (Å²) in [5.41, 5.74) is 1.25. The highest BCUT2D eigenvalue weighted by Crippen LogP contribution is 2.12. The third kappa shape index (κ3) is 5.12. The molecule has 9 heteroatoms. The first-order valence-electron chi connectivity index (χ1n) is 7.91. The molecular weight excluding hydrogens is 330 g/mol. The highest BCUT2D eigenvalue weighted by atomic mass is 32.2. The van der Waals surface area contributed by atoms with E-state index in [9.17, 15) is 13.2 Å². The van der Waals surface area contributed by atoms with Crippen molar-refractivity contribution in [3.63, 3.8) is 0 Å². The Balaban J connectivity index is 1.83. The van der Waals surface area contributed by atoms with Crippen LogP contribution in [-0.2, 0) is 10.0 Å². The molecule has 0 aliphatic carbocycles. The van der Waals surface area contributed by atoms with Crippen molar-refractivity contribution in [3.8, 4) is 0 Å². The van der Waals surface area contributed by atoms with Gasteiger partial charge < -0.3 is 10.6 Å². The van der Waals surface area contributed by atoms with Gasteiger partial charge in [-0.15, -0.1) is 0 Å². The summed E-state index contributed by atoms with van der Waals surface area (Å²) in [7, 11) is -3.54. The number of carbonyl (C=O) groups is 1. The third-order valence-electron chi connectivity index (χ3n) is 3.65. The van der Waals surface area contributed by atoms with Gasteiger partial charge in [-0.2, -0.15) is 5.10 Å². The maximum absolute atomic E-state index is 12.1. The summed E-state index contributed by atoms with van der Waals surface area (Å²) in [6, 6.07) is 4.85. The summed E-state index contributed by atoms with van der Waals surface area (Å²) in [4.78, 5) is 11.7. The number of pyridine rings is 1. The van der Waals surface area contributed by atoms with Crippen molar-refractivity contribution >= 4 is 27.3 Å². The van der Waals surface area contributed by atoms with E-state index in [0.29, 0.717) is 5.69 Å². The van der Waals surface area contributed by atoms with Crippen LogP contribution in [0.1, 0.15) is 26.7 Å². The molecule has 3 N–H and O–H groups in total. The Hall–Kier alpha value is -2.29. The Labute approximate surface area is 141 Å². The van der Waals surface area contributed by atoms with Crippen molar-refractivity contribution in [1.82, 2.24) is 20.2 Å². The van der Waals surface area contributed by atoms with E-state index in [1.165, 1.54) is 0 Å². The molecular formula is C15H23N5O3S. The van der Waals surface area contributed by atoms with Crippen LogP contribution in [0, 0.1) is 0 Å². The van der Waals surface area contributed by atoms with Gasteiger partial charge in [0.05, 0.1) is 17.0 Å². The normalized spacial score (nSPS) is 11.6. The molecule has 0 bridgehead atoms. The summed E-state index contributed by atoms with van der Waals surface area (Å²) < 4.78 is 28.3. The summed E-state index contributed by atoms with van der Waals surface area (Å²) in [5.74, 6) is -0.201. The first-order valence-corrected chi connectivity index (χ1v) is 9.57. The highest BCUT2D eigenvalue weighted by Gasteiger charge is 2.13. The van der Waals surface area contributed by atoms with E-state index in [1.54, 1.807) is 35.1 Å². The second-order valence-electron chi connectivity index (χ2n) is 5.45. The van der Waals surface area contributed by atoms with E-state index < -0.39 is 10.0 Å². The molecule has 0 saturated heterocycles. The number of aromatic nitrogens is 2. The molecule has 2 heterocycles. The molecule has 0 spiro atoms. The van der Waals surface area contributed by atoms with E-state index in [0.717, 1.165) is 18.4 Å². The van der Waals surface area contributed by atoms with Crippen molar-refractivity contribution in [2.75, 3.05) is 17.0 Å². The standard InChI is InChI=1S/C15H23N5O3S/c1-3-12(4-2)18-15(21)16-8-10-24(22,23)19-13-6-9-20-14(11-13)5-7-17-20/h5-7,9,11-12,19H,3-4,8,10H2,1-2H3,(H2,16,18,21). The van der Waals surface area contributed by atoms with Crippen LogP contribution in [0.25, 0.3) is 5.52 Å². The number of fused-ring (bicyclic) bond motifs is 1. The monoisotopic (exact) mass is 353 g/mol. The minimum absolute atomic E-state index is 0.0379. The molecule has 0 aliphatic heterocycles. The van der Waals surface area contributed by atoms with Crippen LogP contribution in [0.4, 0.5) is 10.5 Å². The number of anilines is 1. The number of urea groups is 1. The van der Waals surface area contributed by atoms with Gasteiger partial charge in [-0.1, -0.05) is 13.8 Å². The number of hydrogen-bond donors (Lipinski definition) is 3. The van der Waals surface area contributed by atoms with Gasteiger partial charge in [0.25, 0.3) is 0 Å². The van der Waals surface area contributed by atoms with Crippen LogP contribution in [0.15, 0.2) is 30.6 Å². The number of amides is 2. The van der Waals surface area contributed by atoms with Gasteiger partial charge >= 0.3 is 6.03 Å². The Morgan fingerprint density at radius 3 is 2.75 bits per heavy atom. The summed E-state index contributed by atoms with van der Waals surface area (Å²) in [6.45, 7) is 4.01. The zero-order chi connectivity index (χ0) is 17.6. The molecule has 0 aliphatic rings. The third-order valence-corrected chi connectivity index (χ3v) is 4.94. The van der Waals surface area contributed by atoms with Crippen LogP contribution >= 0.6 is 0 Å². The Kier molecular flexibility index (Phi) is 6.02. The Bertz CT molecular complexity index is 783. The zero-order valence-electron chi connectivity index (χ0n) is 13.8. The van der Waals surface area contributed by atoms with Gasteiger partial charge in [0.1, 0.15) is 0 Å². The molecule has 132 valence electrons. The lowest BCUT2D eigenvalue weighted by Crippen LogP contribution is -2.43. The molecule has 0 atom stereocenters. The molecule has 2 aromatic rings. The van der Waals surface area contributed by atoms with E-state index >= 15 is 0 Å². The number of rotatable bonds is 8. The molecule has 24 heavy (non-hydrogen) atoms. The Morgan fingerprint density at radius 2 is 2.04 bits per heavy atom. The average molecular weight is 353 g/mol. The van der Waals surface area contributed by atoms with Crippen LogP contribution in [-0.4, -0.2) is 42.4 Å². The topological polar surface area (TPSA) is 105 Å². The highest BCUT2D eigenvalue weighted by molar-refractivity contribution is 7.92. The quantitative estimate of drug-likeness (QED) is 0.670. The van der Waals surface area contributed by atoms with Crippen molar-refractivity contribution in [2.24, 2.45) is 0 Å². The lowest BCUT2D eigenvalue weighted by molar-refractivity contribution is 0.236.